The van der Waals surface area contributed by atoms with Crippen LogP contribution in [-0.2, 0) is 4.79 Å². The zero-order valence-corrected chi connectivity index (χ0v) is 13.8. The van der Waals surface area contributed by atoms with Gasteiger partial charge in [-0.2, -0.15) is 5.26 Å². The van der Waals surface area contributed by atoms with E-state index in [2.05, 4.69) is 5.32 Å². The summed E-state index contributed by atoms with van der Waals surface area (Å²) in [6.07, 6.45) is 1.18. The van der Waals surface area contributed by atoms with Gasteiger partial charge in [-0.3, -0.25) is 14.9 Å². The molecule has 0 fully saturated rings. The molecule has 8 nitrogen and oxygen atoms in total. The number of nitriles is 1. The molecule has 0 radical (unpaired) electrons. The molecule has 0 spiro atoms. The summed E-state index contributed by atoms with van der Waals surface area (Å²) in [4.78, 5) is 23.0. The van der Waals surface area contributed by atoms with Crippen molar-refractivity contribution < 1.29 is 23.6 Å². The van der Waals surface area contributed by atoms with Crippen LogP contribution in [0.2, 0.25) is 0 Å². The molecular weight excluding hydrogens is 357 g/mol. The van der Waals surface area contributed by atoms with E-state index >= 15 is 0 Å². The fraction of sp³-hybridized carbons (Fsp3) is 0.111. The van der Waals surface area contributed by atoms with E-state index in [1.807, 2.05) is 0 Å². The highest BCUT2D eigenvalue weighted by Gasteiger charge is 2.24. The average Bonchev–Trinajstić information content (AvgIpc) is 2.65. The highest BCUT2D eigenvalue weighted by Crippen LogP contribution is 2.39. The van der Waals surface area contributed by atoms with Gasteiger partial charge in [0, 0.05) is 6.07 Å². The number of carbonyl (C=O) groups excluding carboxylic acids is 1. The highest BCUT2D eigenvalue weighted by atomic mass is 19.1. The van der Waals surface area contributed by atoms with Crippen LogP contribution in [0.25, 0.3) is 6.08 Å². The van der Waals surface area contributed by atoms with Crippen LogP contribution in [0.1, 0.15) is 5.56 Å². The maximum Gasteiger partial charge on any atom is 0.296 e. The Kier molecular flexibility index (Phi) is 4.99. The number of halogens is 1. The van der Waals surface area contributed by atoms with Crippen molar-refractivity contribution in [3.8, 4) is 17.6 Å². The molecule has 9 heteroatoms. The first kappa shape index (κ1) is 17.9. The molecule has 0 saturated heterocycles. The highest BCUT2D eigenvalue weighted by molar-refractivity contribution is 6.10. The SMILES string of the molecule is N#C/C(=C\c1cccc(F)c1)C(=O)Nc1cc2c(cc1[N+](=O)[O-])OCCO2. The second kappa shape index (κ2) is 7.53. The van der Waals surface area contributed by atoms with Crippen LogP contribution >= 0.6 is 0 Å². The van der Waals surface area contributed by atoms with Crippen LogP contribution in [0.3, 0.4) is 0 Å². The lowest BCUT2D eigenvalue weighted by atomic mass is 10.1. The molecule has 3 rings (SSSR count). The molecule has 0 aromatic heterocycles. The molecule has 0 aliphatic carbocycles. The maximum atomic E-state index is 13.3. The number of nitro groups is 1. The van der Waals surface area contributed by atoms with Crippen molar-refractivity contribution in [1.82, 2.24) is 0 Å². The molecule has 1 N–H and O–H groups in total. The normalized spacial score (nSPS) is 12.8. The van der Waals surface area contributed by atoms with Gasteiger partial charge in [0.25, 0.3) is 11.6 Å². The molecule has 1 aliphatic heterocycles. The first-order valence-corrected chi connectivity index (χ1v) is 7.74. The number of benzene rings is 2. The summed E-state index contributed by atoms with van der Waals surface area (Å²) in [6, 6.07) is 9.43. The maximum absolute atomic E-state index is 13.3. The largest absolute Gasteiger partial charge is 0.486 e. The van der Waals surface area contributed by atoms with Crippen LogP contribution in [0.15, 0.2) is 42.0 Å². The molecule has 1 aliphatic rings. The number of ether oxygens (including phenoxy) is 2. The number of rotatable bonds is 4. The Morgan fingerprint density at radius 2 is 1.96 bits per heavy atom. The lowest BCUT2D eigenvalue weighted by Crippen LogP contribution is -2.18. The molecular formula is C18H12FN3O5. The van der Waals surface area contributed by atoms with Gasteiger partial charge in [0.15, 0.2) is 11.5 Å². The topological polar surface area (TPSA) is 114 Å². The molecule has 2 aromatic rings. The number of fused-ring (bicyclic) bond motifs is 1. The molecule has 1 heterocycles. The number of hydrogen-bond donors (Lipinski definition) is 1. The summed E-state index contributed by atoms with van der Waals surface area (Å²) >= 11 is 0. The number of nitro benzene ring substituents is 1. The lowest BCUT2D eigenvalue weighted by Gasteiger charge is -2.19. The Labute approximate surface area is 152 Å². The summed E-state index contributed by atoms with van der Waals surface area (Å²) < 4.78 is 23.9. The summed E-state index contributed by atoms with van der Waals surface area (Å²) in [5, 5.41) is 22.8. The van der Waals surface area contributed by atoms with Gasteiger partial charge in [-0.05, 0) is 23.8 Å². The Balaban J connectivity index is 1.92. The zero-order valence-electron chi connectivity index (χ0n) is 13.8. The number of carbonyl (C=O) groups is 1. The van der Waals surface area contributed by atoms with Crippen molar-refractivity contribution >= 4 is 23.4 Å². The van der Waals surface area contributed by atoms with Gasteiger partial charge in [0.1, 0.15) is 36.4 Å². The number of nitrogens with zero attached hydrogens (tertiary/aromatic N) is 2. The van der Waals surface area contributed by atoms with Crippen LogP contribution in [0.4, 0.5) is 15.8 Å². The average molecular weight is 369 g/mol. The third-order valence-corrected chi connectivity index (χ3v) is 3.63. The van der Waals surface area contributed by atoms with Crippen molar-refractivity contribution in [2.24, 2.45) is 0 Å². The van der Waals surface area contributed by atoms with Gasteiger partial charge in [-0.1, -0.05) is 12.1 Å². The van der Waals surface area contributed by atoms with Gasteiger partial charge >= 0.3 is 0 Å². The molecule has 0 atom stereocenters. The van der Waals surface area contributed by atoms with Crippen LogP contribution in [0, 0.1) is 27.3 Å². The first-order chi connectivity index (χ1) is 13.0. The fourth-order valence-corrected chi connectivity index (χ4v) is 2.43. The van der Waals surface area contributed by atoms with Gasteiger partial charge in [-0.25, -0.2) is 4.39 Å². The van der Waals surface area contributed by atoms with E-state index in [9.17, 15) is 24.6 Å². The Bertz CT molecular complexity index is 997. The van der Waals surface area contributed by atoms with Crippen molar-refractivity contribution in [3.63, 3.8) is 0 Å². The van der Waals surface area contributed by atoms with Crippen LogP contribution in [-0.4, -0.2) is 24.0 Å². The van der Waals surface area contributed by atoms with Crippen molar-refractivity contribution in [2.45, 2.75) is 0 Å². The van der Waals surface area contributed by atoms with Gasteiger partial charge in [-0.15, -0.1) is 0 Å². The van der Waals surface area contributed by atoms with Crippen LogP contribution < -0.4 is 14.8 Å². The Hall–Kier alpha value is -3.93. The number of anilines is 1. The summed E-state index contributed by atoms with van der Waals surface area (Å²) in [5.41, 5.74) is -0.589. The van der Waals surface area contributed by atoms with Crippen LogP contribution in [0.5, 0.6) is 11.5 Å². The second-order valence-corrected chi connectivity index (χ2v) is 5.45. The smallest absolute Gasteiger partial charge is 0.296 e. The molecule has 136 valence electrons. The van der Waals surface area contributed by atoms with Crippen molar-refractivity contribution in [1.29, 1.82) is 5.26 Å². The summed E-state index contributed by atoms with van der Waals surface area (Å²) in [5.74, 6) is -0.956. The van der Waals surface area contributed by atoms with Crippen molar-refractivity contribution in [2.75, 3.05) is 18.5 Å². The minimum Gasteiger partial charge on any atom is -0.486 e. The van der Waals surface area contributed by atoms with E-state index in [1.165, 1.54) is 30.3 Å². The monoisotopic (exact) mass is 369 g/mol. The quantitative estimate of drug-likeness (QED) is 0.383. The summed E-state index contributed by atoms with van der Waals surface area (Å²) in [7, 11) is 0. The molecule has 2 aromatic carbocycles. The lowest BCUT2D eigenvalue weighted by molar-refractivity contribution is -0.384. The Morgan fingerprint density at radius 1 is 1.26 bits per heavy atom. The molecule has 27 heavy (non-hydrogen) atoms. The number of amides is 1. The standard InChI is InChI=1S/C18H12FN3O5/c19-13-3-1-2-11(7-13)6-12(10-20)18(23)21-14-8-16-17(27-5-4-26-16)9-15(14)22(24)25/h1-3,6-9H,4-5H2,(H,21,23)/b12-6+. The Morgan fingerprint density at radius 3 is 2.59 bits per heavy atom. The first-order valence-electron chi connectivity index (χ1n) is 7.74. The van der Waals surface area contributed by atoms with E-state index in [1.54, 1.807) is 6.07 Å². The third-order valence-electron chi connectivity index (χ3n) is 3.63. The second-order valence-electron chi connectivity index (χ2n) is 5.45. The van der Waals surface area contributed by atoms with E-state index in [-0.39, 0.29) is 36.0 Å². The molecule has 0 saturated carbocycles. The van der Waals surface area contributed by atoms with E-state index < -0.39 is 22.3 Å². The van der Waals surface area contributed by atoms with Gasteiger partial charge < -0.3 is 14.8 Å². The molecule has 1 amide bonds. The van der Waals surface area contributed by atoms with E-state index in [0.29, 0.717) is 5.56 Å². The molecule has 0 bridgehead atoms. The number of nitrogens with one attached hydrogen (secondary N) is 1. The molecule has 0 unspecified atom stereocenters. The minimum atomic E-state index is -0.874. The van der Waals surface area contributed by atoms with Gasteiger partial charge in [0.05, 0.1) is 11.0 Å². The van der Waals surface area contributed by atoms with Crippen molar-refractivity contribution in [3.05, 3.63) is 63.5 Å². The summed E-state index contributed by atoms with van der Waals surface area (Å²) in [6.45, 7) is 0.520. The third kappa shape index (κ3) is 4.01. The van der Waals surface area contributed by atoms with Gasteiger partial charge in [0.2, 0.25) is 0 Å². The predicted molar refractivity (Wildman–Crippen MR) is 92.7 cm³/mol. The zero-order chi connectivity index (χ0) is 19.4. The minimum absolute atomic E-state index is 0.144. The fourth-order valence-electron chi connectivity index (χ4n) is 2.43. The van der Waals surface area contributed by atoms with E-state index in [0.717, 1.165) is 12.1 Å². The predicted octanol–water partition coefficient (Wildman–Crippen LogP) is 3.05. The number of hydrogen-bond acceptors (Lipinski definition) is 6. The van der Waals surface area contributed by atoms with E-state index in [4.69, 9.17) is 9.47 Å².